The molecule has 0 saturated carbocycles. The van der Waals surface area contributed by atoms with Gasteiger partial charge >= 0.3 is 18.1 Å². The lowest BCUT2D eigenvalue weighted by atomic mass is 10.1. The number of aromatic nitrogens is 2. The monoisotopic (exact) mass is 370 g/mol. The minimum Gasteiger partial charge on any atom is -0.329 e. The van der Waals surface area contributed by atoms with Gasteiger partial charge in [0.05, 0.1) is 0 Å². The number of halogens is 3. The molecule has 9 heteroatoms. The molecule has 0 fully saturated rings. The molecule has 2 amide bonds. The van der Waals surface area contributed by atoms with Crippen molar-refractivity contribution in [1.82, 2.24) is 19.9 Å². The van der Waals surface area contributed by atoms with Crippen LogP contribution in [0.3, 0.4) is 0 Å². The zero-order valence-corrected chi connectivity index (χ0v) is 14.9. The Balaban J connectivity index is 2.09. The Bertz CT molecular complexity index is 728. The number of carbonyl (C=O) groups excluding carboxylic acids is 1. The SMILES string of the molecule is CCCN(C)C(=O)N(CC)Cc1ccc(-c2noc(C(F)(F)F)n2)cc1. The van der Waals surface area contributed by atoms with Crippen LogP contribution >= 0.6 is 0 Å². The molecule has 0 aliphatic heterocycles. The molecule has 26 heavy (non-hydrogen) atoms. The number of hydrogen-bond acceptors (Lipinski definition) is 4. The van der Waals surface area contributed by atoms with Crippen molar-refractivity contribution in [2.75, 3.05) is 20.1 Å². The molecule has 0 aliphatic carbocycles. The van der Waals surface area contributed by atoms with Crippen molar-refractivity contribution in [1.29, 1.82) is 0 Å². The van der Waals surface area contributed by atoms with Gasteiger partial charge in [-0.1, -0.05) is 36.3 Å². The summed E-state index contributed by atoms with van der Waals surface area (Å²) >= 11 is 0. The highest BCUT2D eigenvalue weighted by atomic mass is 19.4. The first-order chi connectivity index (χ1) is 12.3. The van der Waals surface area contributed by atoms with Crippen LogP contribution in [0, 0.1) is 0 Å². The van der Waals surface area contributed by atoms with Gasteiger partial charge in [0.1, 0.15) is 0 Å². The van der Waals surface area contributed by atoms with Crippen LogP contribution in [0.15, 0.2) is 28.8 Å². The zero-order chi connectivity index (χ0) is 19.3. The highest BCUT2D eigenvalue weighted by Gasteiger charge is 2.38. The Kier molecular flexibility index (Phi) is 6.23. The third-order valence-electron chi connectivity index (χ3n) is 3.79. The van der Waals surface area contributed by atoms with Gasteiger partial charge in [-0.15, -0.1) is 0 Å². The van der Waals surface area contributed by atoms with E-state index in [1.165, 1.54) is 0 Å². The van der Waals surface area contributed by atoms with E-state index in [-0.39, 0.29) is 11.9 Å². The maximum atomic E-state index is 12.5. The van der Waals surface area contributed by atoms with Crippen molar-refractivity contribution in [3.63, 3.8) is 0 Å². The van der Waals surface area contributed by atoms with Gasteiger partial charge in [-0.3, -0.25) is 0 Å². The first kappa shape index (κ1) is 19.7. The van der Waals surface area contributed by atoms with Gasteiger partial charge < -0.3 is 14.3 Å². The third kappa shape index (κ3) is 4.74. The molecule has 0 unspecified atom stereocenters. The van der Waals surface area contributed by atoms with Gasteiger partial charge in [0.15, 0.2) is 0 Å². The molecule has 0 atom stereocenters. The Morgan fingerprint density at radius 1 is 1.19 bits per heavy atom. The Morgan fingerprint density at radius 2 is 1.85 bits per heavy atom. The number of alkyl halides is 3. The summed E-state index contributed by atoms with van der Waals surface area (Å²) in [6.07, 6.45) is -3.79. The average molecular weight is 370 g/mol. The Labute approximate surface area is 149 Å². The van der Waals surface area contributed by atoms with Crippen LogP contribution in [0.4, 0.5) is 18.0 Å². The average Bonchev–Trinajstić information content (AvgIpc) is 3.10. The topological polar surface area (TPSA) is 62.5 Å². The van der Waals surface area contributed by atoms with Crippen LogP contribution in [0.25, 0.3) is 11.4 Å². The smallest absolute Gasteiger partial charge is 0.329 e. The molecule has 0 radical (unpaired) electrons. The van der Waals surface area contributed by atoms with E-state index in [0.717, 1.165) is 12.0 Å². The second kappa shape index (κ2) is 8.20. The molecular formula is C17H21F3N4O2. The van der Waals surface area contributed by atoms with Crippen molar-refractivity contribution >= 4 is 6.03 Å². The minimum absolute atomic E-state index is 0.0635. The van der Waals surface area contributed by atoms with E-state index in [0.29, 0.717) is 25.2 Å². The quantitative estimate of drug-likeness (QED) is 0.770. The van der Waals surface area contributed by atoms with E-state index in [4.69, 9.17) is 0 Å². The van der Waals surface area contributed by atoms with Crippen molar-refractivity contribution in [2.45, 2.75) is 33.0 Å². The fraction of sp³-hybridized carbons (Fsp3) is 0.471. The number of amides is 2. The lowest BCUT2D eigenvalue weighted by Crippen LogP contribution is -2.40. The Hall–Kier alpha value is -2.58. The lowest BCUT2D eigenvalue weighted by molar-refractivity contribution is -0.159. The second-order valence-electron chi connectivity index (χ2n) is 5.84. The normalized spacial score (nSPS) is 11.5. The number of hydrogen-bond donors (Lipinski definition) is 0. The predicted octanol–water partition coefficient (Wildman–Crippen LogP) is 4.04. The zero-order valence-electron chi connectivity index (χ0n) is 14.9. The van der Waals surface area contributed by atoms with Crippen molar-refractivity contribution in [3.05, 3.63) is 35.7 Å². The summed E-state index contributed by atoms with van der Waals surface area (Å²) in [5.41, 5.74) is 1.26. The van der Waals surface area contributed by atoms with Crippen LogP contribution in [0.5, 0.6) is 0 Å². The van der Waals surface area contributed by atoms with Crippen LogP contribution in [0.1, 0.15) is 31.7 Å². The molecule has 0 bridgehead atoms. The maximum Gasteiger partial charge on any atom is 0.471 e. The largest absolute Gasteiger partial charge is 0.471 e. The summed E-state index contributed by atoms with van der Waals surface area (Å²) in [5, 5.41) is 3.35. The van der Waals surface area contributed by atoms with Gasteiger partial charge in [0, 0.05) is 32.2 Å². The molecule has 142 valence electrons. The van der Waals surface area contributed by atoms with Crippen molar-refractivity contribution in [2.24, 2.45) is 0 Å². The second-order valence-corrected chi connectivity index (χ2v) is 5.84. The van der Waals surface area contributed by atoms with Crippen LogP contribution in [-0.2, 0) is 12.7 Å². The molecule has 1 aromatic carbocycles. The standard InChI is InChI=1S/C17H21F3N4O2/c1-4-10-23(3)16(25)24(5-2)11-12-6-8-13(9-7-12)14-21-15(26-22-14)17(18,19)20/h6-9H,4-5,10-11H2,1-3H3. The predicted molar refractivity (Wildman–Crippen MR) is 89.1 cm³/mol. The molecule has 0 saturated heterocycles. The van der Waals surface area contributed by atoms with Crippen LogP contribution < -0.4 is 0 Å². The maximum absolute atomic E-state index is 12.5. The number of nitrogens with zero attached hydrogens (tertiary/aromatic N) is 4. The lowest BCUT2D eigenvalue weighted by Gasteiger charge is -2.27. The summed E-state index contributed by atoms with van der Waals surface area (Å²) in [5.74, 6) is -1.51. The number of rotatable bonds is 6. The van der Waals surface area contributed by atoms with Crippen molar-refractivity contribution < 1.29 is 22.5 Å². The van der Waals surface area contributed by atoms with Crippen LogP contribution in [0.2, 0.25) is 0 Å². The molecule has 2 rings (SSSR count). The third-order valence-corrected chi connectivity index (χ3v) is 3.79. The number of carbonyl (C=O) groups is 1. The summed E-state index contributed by atoms with van der Waals surface area (Å²) in [7, 11) is 1.76. The van der Waals surface area contributed by atoms with E-state index in [1.54, 1.807) is 41.1 Å². The van der Waals surface area contributed by atoms with Gasteiger partial charge in [-0.25, -0.2) is 4.79 Å². The van der Waals surface area contributed by atoms with Gasteiger partial charge in [0.25, 0.3) is 0 Å². The van der Waals surface area contributed by atoms with E-state index < -0.39 is 12.1 Å². The number of benzene rings is 1. The molecule has 6 nitrogen and oxygen atoms in total. The fourth-order valence-corrected chi connectivity index (χ4v) is 2.42. The van der Waals surface area contributed by atoms with Gasteiger partial charge in [-0.2, -0.15) is 18.2 Å². The first-order valence-electron chi connectivity index (χ1n) is 8.26. The van der Waals surface area contributed by atoms with Gasteiger partial charge in [0.2, 0.25) is 5.82 Å². The fourth-order valence-electron chi connectivity index (χ4n) is 2.42. The molecule has 1 aromatic heterocycles. The molecular weight excluding hydrogens is 349 g/mol. The summed E-state index contributed by atoms with van der Waals surface area (Å²) in [6.45, 7) is 5.52. The summed E-state index contributed by atoms with van der Waals surface area (Å²) in [4.78, 5) is 19.1. The number of urea groups is 1. The molecule has 0 aliphatic rings. The minimum atomic E-state index is -4.67. The first-order valence-corrected chi connectivity index (χ1v) is 8.26. The van der Waals surface area contributed by atoms with E-state index >= 15 is 0 Å². The van der Waals surface area contributed by atoms with E-state index in [2.05, 4.69) is 14.7 Å². The van der Waals surface area contributed by atoms with Gasteiger partial charge in [-0.05, 0) is 18.9 Å². The van der Waals surface area contributed by atoms with E-state index in [1.807, 2.05) is 13.8 Å². The van der Waals surface area contributed by atoms with E-state index in [9.17, 15) is 18.0 Å². The highest BCUT2D eigenvalue weighted by Crippen LogP contribution is 2.29. The Morgan fingerprint density at radius 3 is 2.35 bits per heavy atom. The van der Waals surface area contributed by atoms with Crippen LogP contribution in [-0.4, -0.2) is 46.1 Å². The highest BCUT2D eigenvalue weighted by molar-refractivity contribution is 5.74. The molecule has 0 N–H and O–H groups in total. The molecule has 1 heterocycles. The molecule has 2 aromatic rings. The van der Waals surface area contributed by atoms with Crippen molar-refractivity contribution in [3.8, 4) is 11.4 Å². The molecule has 0 spiro atoms. The summed E-state index contributed by atoms with van der Waals surface area (Å²) < 4.78 is 41.8. The summed E-state index contributed by atoms with van der Waals surface area (Å²) in [6, 6.07) is 6.61.